The van der Waals surface area contributed by atoms with Crippen molar-refractivity contribution in [3.63, 3.8) is 0 Å². The zero-order valence-corrected chi connectivity index (χ0v) is 12.7. The van der Waals surface area contributed by atoms with Crippen LogP contribution >= 0.6 is 0 Å². The quantitative estimate of drug-likeness (QED) is 0.702. The van der Waals surface area contributed by atoms with Crippen LogP contribution in [0.2, 0.25) is 0 Å². The minimum Gasteiger partial charge on any atom is -0.385 e. The molecule has 1 heterocycles. The lowest BCUT2D eigenvalue weighted by Gasteiger charge is -2.47. The number of nitrogens with one attached hydrogen (secondary N) is 1. The molecule has 1 aliphatic heterocycles. The van der Waals surface area contributed by atoms with Gasteiger partial charge in [-0.2, -0.15) is 0 Å². The molecular weight excluding hydrogens is 228 g/mol. The van der Waals surface area contributed by atoms with Crippen molar-refractivity contribution in [2.75, 3.05) is 46.4 Å². The number of morpholine rings is 1. The molecule has 1 fully saturated rings. The van der Waals surface area contributed by atoms with E-state index < -0.39 is 0 Å². The summed E-state index contributed by atoms with van der Waals surface area (Å²) in [5.41, 5.74) is -0.0877. The van der Waals surface area contributed by atoms with Crippen molar-refractivity contribution in [1.82, 2.24) is 10.2 Å². The number of ether oxygens (including phenoxy) is 2. The van der Waals surface area contributed by atoms with Crippen LogP contribution in [-0.4, -0.2) is 62.5 Å². The third-order valence-corrected chi connectivity index (χ3v) is 3.07. The summed E-state index contributed by atoms with van der Waals surface area (Å²) in [5, 5.41) is 3.46. The molecule has 0 radical (unpaired) electrons. The molecule has 4 heteroatoms. The Balaban J connectivity index is 2.21. The summed E-state index contributed by atoms with van der Waals surface area (Å²) in [6.45, 7) is 14.7. The minimum absolute atomic E-state index is 0.0438. The van der Waals surface area contributed by atoms with E-state index >= 15 is 0 Å². The molecule has 18 heavy (non-hydrogen) atoms. The van der Waals surface area contributed by atoms with Crippen LogP contribution in [0.5, 0.6) is 0 Å². The molecule has 0 aliphatic carbocycles. The zero-order valence-electron chi connectivity index (χ0n) is 12.7. The maximum Gasteiger partial charge on any atom is 0.0760 e. The highest BCUT2D eigenvalue weighted by atomic mass is 16.5. The first-order valence-corrected chi connectivity index (χ1v) is 6.97. The van der Waals surface area contributed by atoms with Crippen molar-refractivity contribution in [3.05, 3.63) is 0 Å². The molecule has 0 atom stereocenters. The molecule has 0 aromatic carbocycles. The Hall–Kier alpha value is -0.160. The summed E-state index contributed by atoms with van der Waals surface area (Å²) in [7, 11) is 1.75. The lowest BCUT2D eigenvalue weighted by molar-refractivity contribution is -0.180. The van der Waals surface area contributed by atoms with Crippen LogP contribution in [0.1, 0.15) is 34.1 Å². The Morgan fingerprint density at radius 1 is 1.11 bits per heavy atom. The molecule has 1 rings (SSSR count). The standard InChI is InChI=1S/C14H30N2O2/c1-13(2)11-16(12-14(3,4)18-13)9-8-15-7-6-10-17-5/h15H,6-12H2,1-5H3. The van der Waals surface area contributed by atoms with Crippen molar-refractivity contribution in [2.45, 2.75) is 45.3 Å². The van der Waals surface area contributed by atoms with Crippen molar-refractivity contribution < 1.29 is 9.47 Å². The van der Waals surface area contributed by atoms with Crippen LogP contribution in [0.15, 0.2) is 0 Å². The molecule has 1 aliphatic rings. The molecule has 0 spiro atoms. The van der Waals surface area contributed by atoms with Crippen molar-refractivity contribution >= 4 is 0 Å². The van der Waals surface area contributed by atoms with Crippen LogP contribution in [0.4, 0.5) is 0 Å². The summed E-state index contributed by atoms with van der Waals surface area (Å²) in [6.07, 6.45) is 1.08. The summed E-state index contributed by atoms with van der Waals surface area (Å²) in [5.74, 6) is 0. The third kappa shape index (κ3) is 6.14. The average molecular weight is 258 g/mol. The zero-order chi connectivity index (χ0) is 13.6. The molecule has 1 saturated heterocycles. The van der Waals surface area contributed by atoms with E-state index in [-0.39, 0.29) is 11.2 Å². The number of hydrogen-bond acceptors (Lipinski definition) is 4. The maximum atomic E-state index is 6.07. The fraction of sp³-hybridized carbons (Fsp3) is 1.00. The summed E-state index contributed by atoms with van der Waals surface area (Å²) >= 11 is 0. The van der Waals surface area contributed by atoms with Gasteiger partial charge >= 0.3 is 0 Å². The molecular formula is C14H30N2O2. The maximum absolute atomic E-state index is 6.07. The van der Waals surface area contributed by atoms with Crippen molar-refractivity contribution in [1.29, 1.82) is 0 Å². The highest BCUT2D eigenvalue weighted by Crippen LogP contribution is 2.27. The lowest BCUT2D eigenvalue weighted by Crippen LogP contribution is -2.58. The first-order chi connectivity index (χ1) is 8.35. The normalized spacial score (nSPS) is 23.2. The Labute approximate surface area is 112 Å². The van der Waals surface area contributed by atoms with Gasteiger partial charge < -0.3 is 14.8 Å². The Morgan fingerprint density at radius 3 is 2.28 bits per heavy atom. The van der Waals surface area contributed by atoms with E-state index in [1.807, 2.05) is 0 Å². The van der Waals surface area contributed by atoms with Gasteiger partial charge in [-0.05, 0) is 40.7 Å². The Bertz CT molecular complexity index is 226. The molecule has 0 amide bonds. The number of hydrogen-bond donors (Lipinski definition) is 1. The van der Waals surface area contributed by atoms with Gasteiger partial charge in [-0.1, -0.05) is 0 Å². The van der Waals surface area contributed by atoms with E-state index in [1.54, 1.807) is 7.11 Å². The predicted molar refractivity (Wildman–Crippen MR) is 75.0 cm³/mol. The molecule has 0 aromatic heterocycles. The van der Waals surface area contributed by atoms with Crippen LogP contribution < -0.4 is 5.32 Å². The predicted octanol–water partition coefficient (Wildman–Crippen LogP) is 1.50. The Morgan fingerprint density at radius 2 is 1.72 bits per heavy atom. The van der Waals surface area contributed by atoms with Crippen LogP contribution in [-0.2, 0) is 9.47 Å². The van der Waals surface area contributed by atoms with Crippen molar-refractivity contribution in [3.8, 4) is 0 Å². The minimum atomic E-state index is -0.0438. The number of methoxy groups -OCH3 is 1. The van der Waals surface area contributed by atoms with Gasteiger partial charge in [-0.15, -0.1) is 0 Å². The second kappa shape index (κ2) is 6.85. The van der Waals surface area contributed by atoms with Gasteiger partial charge in [0.2, 0.25) is 0 Å². The van der Waals surface area contributed by atoms with Gasteiger partial charge in [0.25, 0.3) is 0 Å². The first kappa shape index (κ1) is 15.9. The molecule has 0 unspecified atom stereocenters. The van der Waals surface area contributed by atoms with Crippen molar-refractivity contribution in [2.24, 2.45) is 0 Å². The molecule has 4 nitrogen and oxygen atoms in total. The number of rotatable bonds is 7. The summed E-state index contributed by atoms with van der Waals surface area (Å²) < 4.78 is 11.1. The summed E-state index contributed by atoms with van der Waals surface area (Å²) in [6, 6.07) is 0. The number of nitrogens with zero attached hydrogens (tertiary/aromatic N) is 1. The van der Waals surface area contributed by atoms with Gasteiger partial charge in [0.15, 0.2) is 0 Å². The molecule has 0 bridgehead atoms. The average Bonchev–Trinajstić information content (AvgIpc) is 2.18. The Kier molecular flexibility index (Phi) is 6.05. The van der Waals surface area contributed by atoms with Gasteiger partial charge in [0.05, 0.1) is 11.2 Å². The molecule has 0 saturated carbocycles. The first-order valence-electron chi connectivity index (χ1n) is 6.97. The van der Waals surface area contributed by atoms with Gasteiger partial charge in [0.1, 0.15) is 0 Å². The van der Waals surface area contributed by atoms with E-state index in [0.29, 0.717) is 0 Å². The van der Waals surface area contributed by atoms with E-state index in [2.05, 4.69) is 37.9 Å². The largest absolute Gasteiger partial charge is 0.385 e. The molecule has 108 valence electrons. The molecule has 1 N–H and O–H groups in total. The smallest absolute Gasteiger partial charge is 0.0760 e. The fourth-order valence-electron chi connectivity index (χ4n) is 2.81. The highest BCUT2D eigenvalue weighted by molar-refractivity contribution is 4.89. The van der Waals surface area contributed by atoms with E-state index in [9.17, 15) is 0 Å². The second-order valence-electron chi connectivity index (χ2n) is 6.43. The monoisotopic (exact) mass is 258 g/mol. The van der Waals surface area contributed by atoms with Crippen LogP contribution in [0.3, 0.4) is 0 Å². The molecule has 0 aromatic rings. The van der Waals surface area contributed by atoms with E-state index in [0.717, 1.165) is 45.8 Å². The third-order valence-electron chi connectivity index (χ3n) is 3.07. The lowest BCUT2D eigenvalue weighted by atomic mass is 9.99. The van der Waals surface area contributed by atoms with Gasteiger partial charge in [0, 0.05) is 39.9 Å². The highest BCUT2D eigenvalue weighted by Gasteiger charge is 2.37. The SMILES string of the molecule is COCCCNCCN1CC(C)(C)OC(C)(C)C1. The second-order valence-corrected chi connectivity index (χ2v) is 6.43. The van der Waals surface area contributed by atoms with E-state index in [1.165, 1.54) is 0 Å². The topological polar surface area (TPSA) is 33.7 Å². The van der Waals surface area contributed by atoms with E-state index in [4.69, 9.17) is 9.47 Å². The fourth-order valence-corrected chi connectivity index (χ4v) is 2.81. The van der Waals surface area contributed by atoms with Gasteiger partial charge in [-0.3, -0.25) is 4.90 Å². The van der Waals surface area contributed by atoms with Crippen LogP contribution in [0.25, 0.3) is 0 Å². The van der Waals surface area contributed by atoms with Crippen LogP contribution in [0, 0.1) is 0 Å². The van der Waals surface area contributed by atoms with Gasteiger partial charge in [-0.25, -0.2) is 0 Å². The summed E-state index contributed by atoms with van der Waals surface area (Å²) in [4.78, 5) is 2.49.